The van der Waals surface area contributed by atoms with Crippen LogP contribution >= 0.6 is 0 Å². The summed E-state index contributed by atoms with van der Waals surface area (Å²) in [6, 6.07) is 0.560. The number of rotatable bonds is 2. The topological polar surface area (TPSA) is 32.3 Å². The zero-order chi connectivity index (χ0) is 11.5. The van der Waals surface area contributed by atoms with Gasteiger partial charge in [-0.2, -0.15) is 0 Å². The van der Waals surface area contributed by atoms with Gasteiger partial charge in [0.05, 0.1) is 6.54 Å². The highest BCUT2D eigenvalue weighted by Crippen LogP contribution is 2.15. The molecule has 1 atom stereocenters. The van der Waals surface area contributed by atoms with Crippen molar-refractivity contribution < 1.29 is 4.79 Å². The lowest BCUT2D eigenvalue weighted by Crippen LogP contribution is -2.49. The summed E-state index contributed by atoms with van der Waals surface area (Å²) in [6.45, 7) is 9.89. The maximum Gasteiger partial charge on any atom is 0.234 e. The Hall–Kier alpha value is -0.570. The van der Waals surface area contributed by atoms with Crippen molar-refractivity contribution in [2.75, 3.05) is 13.1 Å². The molecule has 1 rings (SSSR count). The monoisotopic (exact) mass is 212 g/mol. The molecular formula is C12H24N2O. The molecule has 0 radical (unpaired) electrons. The zero-order valence-corrected chi connectivity index (χ0v) is 10.5. The van der Waals surface area contributed by atoms with E-state index < -0.39 is 0 Å². The average Bonchev–Trinajstić information content (AvgIpc) is 2.05. The predicted molar refractivity (Wildman–Crippen MR) is 62.8 cm³/mol. The number of hydrogen-bond donors (Lipinski definition) is 1. The lowest BCUT2D eigenvalue weighted by atomic mass is 10.0. The fourth-order valence-corrected chi connectivity index (χ4v) is 2.03. The van der Waals surface area contributed by atoms with Gasteiger partial charge in [0.25, 0.3) is 0 Å². The Morgan fingerprint density at radius 3 is 2.60 bits per heavy atom. The van der Waals surface area contributed by atoms with Crippen LogP contribution in [0.2, 0.25) is 0 Å². The first-order chi connectivity index (χ1) is 6.88. The maximum atomic E-state index is 11.7. The Morgan fingerprint density at radius 2 is 2.07 bits per heavy atom. The molecule has 1 heterocycles. The van der Waals surface area contributed by atoms with Crippen molar-refractivity contribution in [1.29, 1.82) is 0 Å². The molecule has 15 heavy (non-hydrogen) atoms. The molecule has 0 spiro atoms. The number of nitrogens with one attached hydrogen (secondary N) is 1. The number of carbonyl (C=O) groups excluding carboxylic acids is 1. The summed E-state index contributed by atoms with van der Waals surface area (Å²) >= 11 is 0. The minimum atomic E-state index is -0.115. The molecule has 1 aliphatic heterocycles. The number of amides is 1. The van der Waals surface area contributed by atoms with Crippen LogP contribution in [0.3, 0.4) is 0 Å². The third kappa shape index (κ3) is 4.65. The van der Waals surface area contributed by atoms with E-state index in [0.29, 0.717) is 12.6 Å². The second-order valence-electron chi connectivity index (χ2n) is 5.61. The highest BCUT2D eigenvalue weighted by Gasteiger charge is 2.22. The predicted octanol–water partition coefficient (Wildman–Crippen LogP) is 1.78. The Morgan fingerprint density at radius 1 is 1.40 bits per heavy atom. The summed E-state index contributed by atoms with van der Waals surface area (Å²) < 4.78 is 0. The van der Waals surface area contributed by atoms with Crippen molar-refractivity contribution in [3.63, 3.8) is 0 Å². The molecule has 0 aliphatic carbocycles. The summed E-state index contributed by atoms with van der Waals surface area (Å²) in [5.41, 5.74) is -0.115. The third-order valence-electron chi connectivity index (χ3n) is 2.80. The number of hydrogen-bond acceptors (Lipinski definition) is 2. The normalized spacial score (nSPS) is 23.9. The van der Waals surface area contributed by atoms with Gasteiger partial charge < -0.3 is 5.32 Å². The van der Waals surface area contributed by atoms with Crippen molar-refractivity contribution in [1.82, 2.24) is 10.2 Å². The fraction of sp³-hybridized carbons (Fsp3) is 0.917. The second kappa shape index (κ2) is 4.97. The third-order valence-corrected chi connectivity index (χ3v) is 2.80. The minimum Gasteiger partial charge on any atom is -0.350 e. The van der Waals surface area contributed by atoms with Crippen molar-refractivity contribution >= 4 is 5.91 Å². The van der Waals surface area contributed by atoms with Crippen LogP contribution < -0.4 is 5.32 Å². The average molecular weight is 212 g/mol. The van der Waals surface area contributed by atoms with Crippen molar-refractivity contribution in [3.8, 4) is 0 Å². The Kier molecular flexibility index (Phi) is 4.14. The molecule has 1 unspecified atom stereocenters. The lowest BCUT2D eigenvalue weighted by Gasteiger charge is -2.33. The molecule has 0 aromatic carbocycles. The van der Waals surface area contributed by atoms with E-state index in [1.54, 1.807) is 0 Å². The molecule has 3 heteroatoms. The SMILES string of the molecule is CC1CCCCN1CC(=O)NC(C)(C)C. The smallest absolute Gasteiger partial charge is 0.234 e. The molecule has 1 fully saturated rings. The molecule has 1 aliphatic rings. The largest absolute Gasteiger partial charge is 0.350 e. The Labute approximate surface area is 93.2 Å². The van der Waals surface area contributed by atoms with Gasteiger partial charge in [-0.3, -0.25) is 9.69 Å². The van der Waals surface area contributed by atoms with E-state index in [1.807, 2.05) is 20.8 Å². The van der Waals surface area contributed by atoms with Crippen LogP contribution in [0.4, 0.5) is 0 Å². The highest BCUT2D eigenvalue weighted by atomic mass is 16.2. The van der Waals surface area contributed by atoms with Crippen LogP contribution in [0.15, 0.2) is 0 Å². The first kappa shape index (κ1) is 12.5. The summed E-state index contributed by atoms with van der Waals surface area (Å²) in [4.78, 5) is 14.0. The van der Waals surface area contributed by atoms with Gasteiger partial charge >= 0.3 is 0 Å². The van der Waals surface area contributed by atoms with Gasteiger partial charge in [0.1, 0.15) is 0 Å². The molecule has 88 valence electrons. The molecular weight excluding hydrogens is 188 g/mol. The minimum absolute atomic E-state index is 0.115. The van der Waals surface area contributed by atoms with E-state index in [1.165, 1.54) is 19.3 Å². The van der Waals surface area contributed by atoms with Gasteiger partial charge in [0, 0.05) is 11.6 Å². The van der Waals surface area contributed by atoms with E-state index in [0.717, 1.165) is 6.54 Å². The summed E-state index contributed by atoms with van der Waals surface area (Å²) in [5.74, 6) is 0.149. The Balaban J connectivity index is 2.36. The van der Waals surface area contributed by atoms with Gasteiger partial charge in [0.2, 0.25) is 5.91 Å². The van der Waals surface area contributed by atoms with E-state index in [4.69, 9.17) is 0 Å². The van der Waals surface area contributed by atoms with Crippen LogP contribution in [0, 0.1) is 0 Å². The second-order valence-corrected chi connectivity index (χ2v) is 5.61. The molecule has 1 N–H and O–H groups in total. The van der Waals surface area contributed by atoms with Crippen molar-refractivity contribution in [3.05, 3.63) is 0 Å². The highest BCUT2D eigenvalue weighted by molar-refractivity contribution is 5.78. The van der Waals surface area contributed by atoms with E-state index in [-0.39, 0.29) is 11.4 Å². The van der Waals surface area contributed by atoms with Gasteiger partial charge in [-0.15, -0.1) is 0 Å². The number of likely N-dealkylation sites (tertiary alicyclic amines) is 1. The van der Waals surface area contributed by atoms with Gasteiger partial charge in [-0.05, 0) is 47.1 Å². The van der Waals surface area contributed by atoms with Crippen molar-refractivity contribution in [2.24, 2.45) is 0 Å². The molecule has 0 bridgehead atoms. The quantitative estimate of drug-likeness (QED) is 0.756. The molecule has 0 saturated carbocycles. The van der Waals surface area contributed by atoms with Gasteiger partial charge in [-0.1, -0.05) is 6.42 Å². The number of piperidine rings is 1. The lowest BCUT2D eigenvalue weighted by molar-refractivity contribution is -0.124. The number of carbonyl (C=O) groups is 1. The fourth-order valence-electron chi connectivity index (χ4n) is 2.03. The molecule has 3 nitrogen and oxygen atoms in total. The van der Waals surface area contributed by atoms with Crippen molar-refractivity contribution in [2.45, 2.75) is 58.5 Å². The summed E-state index contributed by atoms with van der Waals surface area (Å²) in [5, 5.41) is 3.01. The number of nitrogens with zero attached hydrogens (tertiary/aromatic N) is 1. The first-order valence-corrected chi connectivity index (χ1v) is 5.93. The standard InChI is InChI=1S/C12H24N2O/c1-10-7-5-6-8-14(10)9-11(15)13-12(2,3)4/h10H,5-9H2,1-4H3,(H,13,15). The first-order valence-electron chi connectivity index (χ1n) is 5.93. The zero-order valence-electron chi connectivity index (χ0n) is 10.5. The maximum absolute atomic E-state index is 11.7. The van der Waals surface area contributed by atoms with Crippen LogP contribution in [0.1, 0.15) is 47.0 Å². The van der Waals surface area contributed by atoms with Crippen LogP contribution in [0.5, 0.6) is 0 Å². The van der Waals surface area contributed by atoms with E-state index in [9.17, 15) is 4.79 Å². The summed E-state index contributed by atoms with van der Waals surface area (Å²) in [7, 11) is 0. The van der Waals surface area contributed by atoms with Crippen LogP contribution in [-0.4, -0.2) is 35.5 Å². The Bertz CT molecular complexity index is 220. The van der Waals surface area contributed by atoms with Gasteiger partial charge in [-0.25, -0.2) is 0 Å². The molecule has 1 saturated heterocycles. The summed E-state index contributed by atoms with van der Waals surface area (Å²) in [6.07, 6.45) is 3.76. The van der Waals surface area contributed by atoms with Crippen LogP contribution in [0.25, 0.3) is 0 Å². The van der Waals surface area contributed by atoms with Crippen LogP contribution in [-0.2, 0) is 4.79 Å². The molecule has 1 amide bonds. The molecule has 0 aromatic heterocycles. The van der Waals surface area contributed by atoms with Gasteiger partial charge in [0.15, 0.2) is 0 Å². The molecule has 0 aromatic rings. The van der Waals surface area contributed by atoms with E-state index in [2.05, 4.69) is 17.1 Å². The van der Waals surface area contributed by atoms with E-state index >= 15 is 0 Å².